The largest absolute Gasteiger partial charge is 0.506 e. The van der Waals surface area contributed by atoms with Gasteiger partial charge in [-0.25, -0.2) is 0 Å². The molecule has 26 heavy (non-hydrogen) atoms. The molecule has 0 bridgehead atoms. The highest BCUT2D eigenvalue weighted by Gasteiger charge is 2.22. The van der Waals surface area contributed by atoms with E-state index in [2.05, 4.69) is 20.8 Å². The van der Waals surface area contributed by atoms with E-state index in [1.165, 1.54) is 0 Å². The summed E-state index contributed by atoms with van der Waals surface area (Å²) in [5, 5.41) is 9.95. The van der Waals surface area contributed by atoms with E-state index in [1.54, 1.807) is 6.07 Å². The van der Waals surface area contributed by atoms with Crippen molar-refractivity contribution in [3.8, 4) is 11.5 Å². The van der Waals surface area contributed by atoms with Gasteiger partial charge in [-0.3, -0.25) is 4.79 Å². The molecule has 5 nitrogen and oxygen atoms in total. The lowest BCUT2D eigenvalue weighted by Gasteiger charge is -2.36. The number of phenols is 1. The minimum atomic E-state index is 0.166. The number of para-hydroxylation sites is 2. The Bertz CT molecular complexity index is 745. The lowest BCUT2D eigenvalue weighted by Crippen LogP contribution is -2.48. The molecule has 2 aromatic rings. The first kappa shape index (κ1) is 18.6. The molecule has 3 rings (SSSR count). The van der Waals surface area contributed by atoms with Crippen molar-refractivity contribution in [3.05, 3.63) is 53.0 Å². The Balaban J connectivity index is 1.39. The number of nitrogens with zero attached hydrogens (tertiary/aromatic N) is 2. The van der Waals surface area contributed by atoms with Crippen LogP contribution in [0, 0.1) is 0 Å². The number of hydrogen-bond acceptors (Lipinski definition) is 4. The third-order valence-electron chi connectivity index (χ3n) is 4.45. The van der Waals surface area contributed by atoms with Crippen LogP contribution in [0.2, 0.25) is 0 Å². The number of carbonyl (C=O) groups excluding carboxylic acids is 1. The number of aromatic hydroxyl groups is 1. The van der Waals surface area contributed by atoms with Crippen LogP contribution < -0.4 is 9.64 Å². The van der Waals surface area contributed by atoms with E-state index in [9.17, 15) is 9.90 Å². The van der Waals surface area contributed by atoms with E-state index in [0.717, 1.165) is 29.0 Å². The molecule has 1 amide bonds. The number of rotatable bonds is 6. The van der Waals surface area contributed by atoms with Crippen molar-refractivity contribution in [2.24, 2.45) is 0 Å². The molecule has 2 aromatic carbocycles. The van der Waals surface area contributed by atoms with E-state index < -0.39 is 0 Å². The summed E-state index contributed by atoms with van der Waals surface area (Å²) in [4.78, 5) is 16.4. The van der Waals surface area contributed by atoms with E-state index in [1.807, 2.05) is 47.4 Å². The topological polar surface area (TPSA) is 53.0 Å². The van der Waals surface area contributed by atoms with Gasteiger partial charge in [-0.05, 0) is 36.8 Å². The lowest BCUT2D eigenvalue weighted by atomic mass is 10.2. The molecule has 0 radical (unpaired) electrons. The summed E-state index contributed by atoms with van der Waals surface area (Å²) >= 11 is 3.41. The van der Waals surface area contributed by atoms with Crippen LogP contribution in [0.3, 0.4) is 0 Å². The van der Waals surface area contributed by atoms with E-state index in [-0.39, 0.29) is 11.7 Å². The van der Waals surface area contributed by atoms with E-state index in [4.69, 9.17) is 4.74 Å². The zero-order valence-electron chi connectivity index (χ0n) is 14.6. The fourth-order valence-electron chi connectivity index (χ4n) is 3.06. The number of carbonyl (C=O) groups is 1. The summed E-state index contributed by atoms with van der Waals surface area (Å²) in [6.45, 7) is 3.36. The highest BCUT2D eigenvalue weighted by molar-refractivity contribution is 9.10. The van der Waals surface area contributed by atoms with Crippen LogP contribution in [0.5, 0.6) is 11.5 Å². The normalized spacial score (nSPS) is 14.3. The predicted octanol–water partition coefficient (Wildman–Crippen LogP) is 3.66. The number of hydrogen-bond donors (Lipinski definition) is 1. The molecule has 138 valence electrons. The quantitative estimate of drug-likeness (QED) is 0.727. The Hall–Kier alpha value is -2.21. The Morgan fingerprint density at radius 2 is 1.85 bits per heavy atom. The summed E-state index contributed by atoms with van der Waals surface area (Å²) in [6.07, 6.45) is 1.19. The van der Waals surface area contributed by atoms with Crippen molar-refractivity contribution in [1.29, 1.82) is 0 Å². The van der Waals surface area contributed by atoms with Gasteiger partial charge in [-0.1, -0.05) is 34.1 Å². The maximum Gasteiger partial charge on any atom is 0.222 e. The number of piperazine rings is 1. The number of ether oxygens (including phenoxy) is 1. The second kappa shape index (κ2) is 8.94. The van der Waals surface area contributed by atoms with Gasteiger partial charge in [0.2, 0.25) is 5.91 Å². The monoisotopic (exact) mass is 418 g/mol. The molecule has 6 heteroatoms. The third-order valence-corrected chi connectivity index (χ3v) is 4.95. The maximum atomic E-state index is 12.4. The molecule has 1 fully saturated rings. The van der Waals surface area contributed by atoms with Crippen LogP contribution in [0.15, 0.2) is 53.0 Å². The van der Waals surface area contributed by atoms with Gasteiger partial charge in [0, 0.05) is 37.1 Å². The predicted molar refractivity (Wildman–Crippen MR) is 106 cm³/mol. The molecule has 0 unspecified atom stereocenters. The van der Waals surface area contributed by atoms with Crippen molar-refractivity contribution >= 4 is 27.5 Å². The Morgan fingerprint density at radius 3 is 2.58 bits per heavy atom. The fourth-order valence-corrected chi connectivity index (χ4v) is 3.43. The molecule has 0 saturated carbocycles. The SMILES string of the molecule is O=C(CCCOc1cccc(Br)c1)N1CCN(c2ccccc2O)CC1. The number of anilines is 1. The number of phenolic OH excluding ortho intramolecular Hbond substituents is 1. The smallest absolute Gasteiger partial charge is 0.222 e. The van der Waals surface area contributed by atoms with Gasteiger partial charge in [0.15, 0.2) is 0 Å². The third kappa shape index (κ3) is 4.91. The van der Waals surface area contributed by atoms with Crippen LogP contribution in [-0.2, 0) is 4.79 Å². The van der Waals surface area contributed by atoms with Crippen molar-refractivity contribution in [2.45, 2.75) is 12.8 Å². The summed E-state index contributed by atoms with van der Waals surface area (Å²) in [6, 6.07) is 15.0. The minimum Gasteiger partial charge on any atom is -0.506 e. The van der Waals surface area contributed by atoms with Crippen molar-refractivity contribution in [3.63, 3.8) is 0 Å². The molecule has 1 saturated heterocycles. The first-order valence-corrected chi connectivity index (χ1v) is 9.62. The van der Waals surface area contributed by atoms with E-state index >= 15 is 0 Å². The van der Waals surface area contributed by atoms with Gasteiger partial charge in [0.05, 0.1) is 12.3 Å². The van der Waals surface area contributed by atoms with Crippen LogP contribution in [0.25, 0.3) is 0 Å². The molecular formula is C20H23BrN2O3. The van der Waals surface area contributed by atoms with Gasteiger partial charge in [-0.15, -0.1) is 0 Å². The molecule has 1 aliphatic rings. The van der Waals surface area contributed by atoms with Gasteiger partial charge >= 0.3 is 0 Å². The first-order chi connectivity index (χ1) is 12.6. The van der Waals surface area contributed by atoms with Crippen LogP contribution >= 0.6 is 15.9 Å². The van der Waals surface area contributed by atoms with Crippen molar-refractivity contribution < 1.29 is 14.6 Å². The highest BCUT2D eigenvalue weighted by atomic mass is 79.9. The summed E-state index contributed by atoms with van der Waals surface area (Å²) in [5.74, 6) is 1.26. The standard InChI is InChI=1S/C20H23BrN2O3/c21-16-5-3-6-17(15-16)26-14-4-9-20(25)23-12-10-22(11-13-23)18-7-1-2-8-19(18)24/h1-3,5-8,15,24H,4,9-14H2. The average Bonchev–Trinajstić information content (AvgIpc) is 2.66. The minimum absolute atomic E-state index is 0.166. The van der Waals surface area contributed by atoms with Gasteiger partial charge in [0.1, 0.15) is 11.5 Å². The molecule has 0 aliphatic carbocycles. The molecule has 1 heterocycles. The Morgan fingerprint density at radius 1 is 1.08 bits per heavy atom. The maximum absolute atomic E-state index is 12.4. The van der Waals surface area contributed by atoms with Crippen LogP contribution in [0.1, 0.15) is 12.8 Å². The lowest BCUT2D eigenvalue weighted by molar-refractivity contribution is -0.131. The second-order valence-corrected chi connectivity index (χ2v) is 7.18. The number of amides is 1. The second-order valence-electron chi connectivity index (χ2n) is 6.27. The molecule has 0 atom stereocenters. The van der Waals surface area contributed by atoms with Gasteiger partial charge in [0.25, 0.3) is 0 Å². The number of halogens is 1. The average molecular weight is 419 g/mol. The zero-order valence-corrected chi connectivity index (χ0v) is 16.2. The van der Waals surface area contributed by atoms with Gasteiger partial charge in [-0.2, -0.15) is 0 Å². The fraction of sp³-hybridized carbons (Fsp3) is 0.350. The van der Waals surface area contributed by atoms with Gasteiger partial charge < -0.3 is 19.6 Å². The molecule has 1 N–H and O–H groups in total. The summed E-state index contributed by atoms with van der Waals surface area (Å²) < 4.78 is 6.66. The van der Waals surface area contributed by atoms with Crippen molar-refractivity contribution in [2.75, 3.05) is 37.7 Å². The molecule has 1 aliphatic heterocycles. The number of benzene rings is 2. The van der Waals surface area contributed by atoms with E-state index in [0.29, 0.717) is 32.5 Å². The highest BCUT2D eigenvalue weighted by Crippen LogP contribution is 2.27. The zero-order chi connectivity index (χ0) is 18.4. The molecular weight excluding hydrogens is 396 g/mol. The summed E-state index contributed by atoms with van der Waals surface area (Å²) in [5.41, 5.74) is 0.835. The van der Waals surface area contributed by atoms with Crippen LogP contribution in [-0.4, -0.2) is 48.7 Å². The Labute approximate surface area is 162 Å². The van der Waals surface area contributed by atoms with Crippen molar-refractivity contribution in [1.82, 2.24) is 4.90 Å². The first-order valence-electron chi connectivity index (χ1n) is 8.82. The Kier molecular flexibility index (Phi) is 6.39. The molecule has 0 spiro atoms. The summed E-state index contributed by atoms with van der Waals surface area (Å²) in [7, 11) is 0. The molecule has 0 aromatic heterocycles. The van der Waals surface area contributed by atoms with Crippen LogP contribution in [0.4, 0.5) is 5.69 Å².